The van der Waals surface area contributed by atoms with E-state index in [-0.39, 0.29) is 5.60 Å². The van der Waals surface area contributed by atoms with Crippen LogP contribution in [0.2, 0.25) is 0 Å². The molecule has 1 rings (SSSR count). The Hall–Kier alpha value is 0.690. The van der Waals surface area contributed by atoms with Crippen molar-refractivity contribution in [1.29, 1.82) is 0 Å². The van der Waals surface area contributed by atoms with Crippen molar-refractivity contribution in [2.45, 2.75) is 55.7 Å². The molecule has 1 aliphatic rings. The molecule has 1 atom stereocenters. The minimum Gasteiger partial charge on any atom is -0.362 e. The Kier molecular flexibility index (Phi) is 3.62. The van der Waals surface area contributed by atoms with E-state index in [1.54, 1.807) is 0 Å². The molecule has 0 spiro atoms. The summed E-state index contributed by atoms with van der Waals surface area (Å²) in [5.74, 6) is 0. The number of hydrogen-bond acceptors (Lipinski definition) is 1. The molecule has 0 bridgehead atoms. The molecule has 11 heavy (non-hydrogen) atoms. The molecule has 0 N–H and O–H groups in total. The summed E-state index contributed by atoms with van der Waals surface area (Å²) in [4.78, 5) is 0. The SMILES string of the molecule is C[C@H](I)OC1(C)CCCCC1. The summed E-state index contributed by atoms with van der Waals surface area (Å²) in [5.41, 5.74) is 0.193. The number of halogens is 1. The fourth-order valence-electron chi connectivity index (χ4n) is 1.81. The van der Waals surface area contributed by atoms with Gasteiger partial charge in [-0.15, -0.1) is 0 Å². The summed E-state index contributed by atoms with van der Waals surface area (Å²) in [5, 5.41) is 0. The minimum atomic E-state index is 0.193. The topological polar surface area (TPSA) is 9.23 Å². The molecule has 0 aromatic rings. The zero-order valence-corrected chi connectivity index (χ0v) is 9.56. The lowest BCUT2D eigenvalue weighted by molar-refractivity contribution is -0.0576. The van der Waals surface area contributed by atoms with Crippen molar-refractivity contribution in [3.05, 3.63) is 0 Å². The molecule has 1 fully saturated rings. The van der Waals surface area contributed by atoms with E-state index in [2.05, 4.69) is 36.4 Å². The number of hydrogen-bond donors (Lipinski definition) is 0. The predicted molar refractivity (Wildman–Crippen MR) is 56.1 cm³/mol. The quantitative estimate of drug-likeness (QED) is 0.550. The lowest BCUT2D eigenvalue weighted by Crippen LogP contribution is -2.33. The summed E-state index contributed by atoms with van der Waals surface area (Å²) in [6.07, 6.45) is 6.59. The Morgan fingerprint density at radius 1 is 1.27 bits per heavy atom. The van der Waals surface area contributed by atoms with Crippen LogP contribution < -0.4 is 0 Å². The normalized spacial score (nSPS) is 26.5. The first-order chi connectivity index (χ1) is 5.12. The second-order valence-electron chi connectivity index (χ2n) is 3.67. The highest BCUT2D eigenvalue weighted by atomic mass is 127. The molecule has 1 nitrogen and oxygen atoms in total. The van der Waals surface area contributed by atoms with Gasteiger partial charge in [-0.05, 0) is 26.7 Å². The van der Waals surface area contributed by atoms with Gasteiger partial charge in [-0.25, -0.2) is 0 Å². The predicted octanol–water partition coefficient (Wildman–Crippen LogP) is 3.51. The van der Waals surface area contributed by atoms with Gasteiger partial charge in [0.15, 0.2) is 0 Å². The van der Waals surface area contributed by atoms with Crippen LogP contribution in [0, 0.1) is 0 Å². The van der Waals surface area contributed by atoms with Gasteiger partial charge in [0.25, 0.3) is 0 Å². The van der Waals surface area contributed by atoms with Crippen LogP contribution in [0.3, 0.4) is 0 Å². The van der Waals surface area contributed by atoms with Crippen molar-refractivity contribution in [3.63, 3.8) is 0 Å². The van der Waals surface area contributed by atoms with Crippen LogP contribution in [0.4, 0.5) is 0 Å². The Balaban J connectivity index is 2.37. The largest absolute Gasteiger partial charge is 0.362 e. The maximum Gasteiger partial charge on any atom is 0.106 e. The molecule has 0 heterocycles. The maximum absolute atomic E-state index is 5.87. The van der Waals surface area contributed by atoms with Gasteiger partial charge in [-0.2, -0.15) is 0 Å². The first-order valence-electron chi connectivity index (χ1n) is 4.44. The van der Waals surface area contributed by atoms with Gasteiger partial charge in [0.05, 0.1) is 5.60 Å². The molecular formula is C9H17IO. The van der Waals surface area contributed by atoms with Crippen molar-refractivity contribution in [1.82, 2.24) is 0 Å². The standard InChI is InChI=1S/C9H17IO/c1-8(10)11-9(2)6-4-3-5-7-9/h8H,3-7H2,1-2H3/t8-/m1/s1. The van der Waals surface area contributed by atoms with E-state index in [0.717, 1.165) is 0 Å². The molecule has 2 heteroatoms. The third-order valence-electron chi connectivity index (χ3n) is 2.36. The molecule has 1 aliphatic carbocycles. The van der Waals surface area contributed by atoms with Crippen LogP contribution in [0.15, 0.2) is 0 Å². The zero-order chi connectivity index (χ0) is 8.32. The molecule has 0 aromatic carbocycles. The second kappa shape index (κ2) is 4.08. The number of ether oxygens (including phenoxy) is 1. The average molecular weight is 268 g/mol. The maximum atomic E-state index is 5.87. The molecular weight excluding hydrogens is 251 g/mol. The fraction of sp³-hybridized carbons (Fsp3) is 1.00. The summed E-state index contributed by atoms with van der Waals surface area (Å²) in [7, 11) is 0. The van der Waals surface area contributed by atoms with Crippen LogP contribution in [0.1, 0.15) is 46.0 Å². The highest BCUT2D eigenvalue weighted by Gasteiger charge is 2.28. The third-order valence-corrected chi connectivity index (χ3v) is 2.61. The molecule has 0 unspecified atom stereocenters. The van der Waals surface area contributed by atoms with E-state index in [9.17, 15) is 0 Å². The number of alkyl halides is 1. The molecule has 0 radical (unpaired) electrons. The molecule has 0 aliphatic heterocycles. The van der Waals surface area contributed by atoms with Crippen LogP contribution in [-0.2, 0) is 4.74 Å². The molecule has 0 saturated heterocycles. The number of rotatable bonds is 2. The van der Waals surface area contributed by atoms with Crippen LogP contribution in [-0.4, -0.2) is 9.71 Å². The smallest absolute Gasteiger partial charge is 0.106 e. The highest BCUT2D eigenvalue weighted by molar-refractivity contribution is 14.1. The van der Waals surface area contributed by atoms with E-state index in [1.165, 1.54) is 32.1 Å². The van der Waals surface area contributed by atoms with Crippen molar-refractivity contribution in [2.24, 2.45) is 0 Å². The third kappa shape index (κ3) is 3.28. The van der Waals surface area contributed by atoms with Gasteiger partial charge in [0.2, 0.25) is 0 Å². The van der Waals surface area contributed by atoms with Crippen molar-refractivity contribution >= 4 is 22.6 Å². The van der Waals surface area contributed by atoms with Crippen LogP contribution in [0.5, 0.6) is 0 Å². The monoisotopic (exact) mass is 268 g/mol. The van der Waals surface area contributed by atoms with Crippen molar-refractivity contribution < 1.29 is 4.74 Å². The Labute approximate surface area is 83.0 Å². The first-order valence-corrected chi connectivity index (χ1v) is 5.69. The summed E-state index contributed by atoms with van der Waals surface area (Å²) >= 11 is 2.33. The van der Waals surface area contributed by atoms with Gasteiger partial charge in [-0.3, -0.25) is 0 Å². The van der Waals surface area contributed by atoms with Crippen LogP contribution in [0.25, 0.3) is 0 Å². The minimum absolute atomic E-state index is 0.193. The summed E-state index contributed by atoms with van der Waals surface area (Å²) in [6, 6.07) is 0. The average Bonchev–Trinajstić information content (AvgIpc) is 1.85. The zero-order valence-electron chi connectivity index (χ0n) is 7.40. The molecule has 66 valence electrons. The van der Waals surface area contributed by atoms with Crippen LogP contribution >= 0.6 is 22.6 Å². The van der Waals surface area contributed by atoms with Crippen molar-refractivity contribution in [3.8, 4) is 0 Å². The first kappa shape index (κ1) is 9.78. The van der Waals surface area contributed by atoms with Gasteiger partial charge >= 0.3 is 0 Å². The van der Waals surface area contributed by atoms with Crippen molar-refractivity contribution in [2.75, 3.05) is 0 Å². The van der Waals surface area contributed by atoms with E-state index in [4.69, 9.17) is 4.74 Å². The molecule has 0 aromatic heterocycles. The van der Waals surface area contributed by atoms with Gasteiger partial charge in [0.1, 0.15) is 4.11 Å². The molecule has 1 saturated carbocycles. The fourth-order valence-corrected chi connectivity index (χ4v) is 2.42. The van der Waals surface area contributed by atoms with E-state index in [0.29, 0.717) is 4.11 Å². The van der Waals surface area contributed by atoms with E-state index >= 15 is 0 Å². The lowest BCUT2D eigenvalue weighted by atomic mass is 9.86. The Morgan fingerprint density at radius 2 is 1.82 bits per heavy atom. The highest BCUT2D eigenvalue weighted by Crippen LogP contribution is 2.32. The van der Waals surface area contributed by atoms with Gasteiger partial charge in [-0.1, -0.05) is 41.9 Å². The Morgan fingerprint density at radius 3 is 2.27 bits per heavy atom. The Bertz CT molecular complexity index is 117. The molecule has 0 amide bonds. The summed E-state index contributed by atoms with van der Waals surface area (Å²) in [6.45, 7) is 4.36. The van der Waals surface area contributed by atoms with E-state index in [1.807, 2.05) is 0 Å². The van der Waals surface area contributed by atoms with E-state index < -0.39 is 0 Å². The second-order valence-corrected chi connectivity index (χ2v) is 5.43. The summed E-state index contributed by atoms with van der Waals surface area (Å²) < 4.78 is 6.22. The van der Waals surface area contributed by atoms with Gasteiger partial charge in [0, 0.05) is 0 Å². The lowest BCUT2D eigenvalue weighted by Gasteiger charge is -2.34. The van der Waals surface area contributed by atoms with Gasteiger partial charge < -0.3 is 4.74 Å².